The molecule has 15 heteroatoms. The molecule has 1 heterocycles. The van der Waals surface area contributed by atoms with Crippen molar-refractivity contribution in [3.8, 4) is 17.1 Å². The van der Waals surface area contributed by atoms with Crippen LogP contribution in [0.4, 0.5) is 34.1 Å². The van der Waals surface area contributed by atoms with E-state index in [9.17, 15) is 22.8 Å². The Balaban J connectivity index is 0.000000944. The Morgan fingerprint density at radius 2 is 1.62 bits per heavy atom. The summed E-state index contributed by atoms with van der Waals surface area (Å²) in [6.45, 7) is 10.8. The van der Waals surface area contributed by atoms with Crippen molar-refractivity contribution in [1.29, 1.82) is 0 Å². The topological polar surface area (TPSA) is 155 Å². The zero-order chi connectivity index (χ0) is 38.3. The number of hydrogen-bond acceptors (Lipinski definition) is 8. The lowest BCUT2D eigenvalue weighted by atomic mass is 10.1. The highest BCUT2D eigenvalue weighted by Gasteiger charge is 2.38. The quantitative estimate of drug-likeness (QED) is 0.100. The van der Waals surface area contributed by atoms with Gasteiger partial charge in [-0.25, -0.2) is 19.4 Å². The molecule has 52 heavy (non-hydrogen) atoms. The van der Waals surface area contributed by atoms with Crippen molar-refractivity contribution < 1.29 is 46.6 Å². The average molecular weight is 728 g/mol. The number of amides is 3. The molecule has 0 aliphatic rings. The van der Waals surface area contributed by atoms with Crippen molar-refractivity contribution >= 4 is 29.5 Å². The van der Waals surface area contributed by atoms with Gasteiger partial charge in [0.15, 0.2) is 12.2 Å². The first-order valence-corrected chi connectivity index (χ1v) is 16.4. The molecule has 0 aliphatic heterocycles. The van der Waals surface area contributed by atoms with E-state index in [4.69, 9.17) is 23.8 Å². The van der Waals surface area contributed by atoms with Crippen LogP contribution in [0.5, 0.6) is 5.75 Å². The Morgan fingerprint density at radius 1 is 0.942 bits per heavy atom. The fraction of sp³-hybridized carbons (Fsp3) is 0.351. The minimum Gasteiger partial charge on any atom is -0.496 e. The largest absolute Gasteiger partial charge is 0.496 e. The molecule has 4 rings (SSSR count). The second kappa shape index (κ2) is 19.7. The molecule has 0 fully saturated rings. The van der Waals surface area contributed by atoms with Gasteiger partial charge in [-0.2, -0.15) is 13.2 Å². The Morgan fingerprint density at radius 3 is 2.19 bits per heavy atom. The zero-order valence-electron chi connectivity index (χ0n) is 29.6. The standard InChI is InChI=1S/C35H43N5O5.C2HF3O2/c1-24(2)22-40(25(3)4)17-16-31(27-11-7-6-8-12-27)45-35(42)37-20-26-10-9-13-28(18-26)38-34(41)39-29-14-15-30(32(19-29)43-5)33-21-36-23-44-33;3-2(4,5)1(6)7/h6-15,18-19,21,23-25,31H,16-17,20,22H2,1-5H3,(H,37,42)(H2,38,39,41);(H,6,7). The van der Waals surface area contributed by atoms with Crippen molar-refractivity contribution in [2.24, 2.45) is 5.92 Å². The van der Waals surface area contributed by atoms with Gasteiger partial charge < -0.3 is 39.8 Å². The van der Waals surface area contributed by atoms with Gasteiger partial charge in [0.2, 0.25) is 0 Å². The minimum absolute atomic E-state index is 0.239. The molecule has 0 aliphatic carbocycles. The molecule has 0 spiro atoms. The van der Waals surface area contributed by atoms with E-state index in [1.807, 2.05) is 42.5 Å². The highest BCUT2D eigenvalue weighted by molar-refractivity contribution is 6.00. The van der Waals surface area contributed by atoms with Crippen LogP contribution in [0.25, 0.3) is 11.3 Å². The van der Waals surface area contributed by atoms with Crippen molar-refractivity contribution in [3.63, 3.8) is 0 Å². The smallest absolute Gasteiger partial charge is 0.490 e. The number of aromatic nitrogens is 1. The van der Waals surface area contributed by atoms with Gasteiger partial charge in [0.05, 0.1) is 18.9 Å². The highest BCUT2D eigenvalue weighted by Crippen LogP contribution is 2.32. The molecular formula is C37H44F3N5O7. The number of anilines is 2. The SMILES string of the molecule is COc1cc(NC(=O)Nc2cccc(CNC(=O)OC(CCN(CC(C)C)C(C)C)c3ccccc3)c2)ccc1-c1cnco1.O=C(O)C(F)(F)F. The summed E-state index contributed by atoms with van der Waals surface area (Å²) in [5, 5.41) is 15.6. The van der Waals surface area contributed by atoms with Crippen LogP contribution in [0, 0.1) is 5.92 Å². The molecule has 3 amide bonds. The van der Waals surface area contributed by atoms with Gasteiger partial charge in [-0.1, -0.05) is 56.3 Å². The molecule has 0 bridgehead atoms. The van der Waals surface area contributed by atoms with Gasteiger partial charge >= 0.3 is 24.3 Å². The summed E-state index contributed by atoms with van der Waals surface area (Å²) in [4.78, 5) is 40.9. The second-order valence-electron chi connectivity index (χ2n) is 12.3. The third-order valence-electron chi connectivity index (χ3n) is 7.45. The number of nitrogens with zero attached hydrogens (tertiary/aromatic N) is 2. The molecule has 1 unspecified atom stereocenters. The Labute approximate surface area is 300 Å². The molecule has 0 radical (unpaired) electrons. The van der Waals surface area contributed by atoms with E-state index in [1.165, 1.54) is 6.39 Å². The van der Waals surface area contributed by atoms with Crippen molar-refractivity contribution in [2.75, 3.05) is 30.8 Å². The maximum absolute atomic E-state index is 12.9. The van der Waals surface area contributed by atoms with E-state index in [0.29, 0.717) is 41.3 Å². The number of methoxy groups -OCH3 is 1. The number of halogens is 3. The van der Waals surface area contributed by atoms with Gasteiger partial charge in [0.25, 0.3) is 0 Å². The van der Waals surface area contributed by atoms with Crippen LogP contribution < -0.4 is 20.7 Å². The summed E-state index contributed by atoms with van der Waals surface area (Å²) in [5.74, 6) is -1.12. The van der Waals surface area contributed by atoms with E-state index in [2.05, 4.69) is 53.5 Å². The van der Waals surface area contributed by atoms with E-state index in [0.717, 1.165) is 29.8 Å². The number of alkyl halides is 3. The van der Waals surface area contributed by atoms with Crippen LogP contribution in [-0.4, -0.2) is 65.5 Å². The molecule has 3 aromatic carbocycles. The summed E-state index contributed by atoms with van der Waals surface area (Å²) in [7, 11) is 1.55. The highest BCUT2D eigenvalue weighted by atomic mass is 19.4. The summed E-state index contributed by atoms with van der Waals surface area (Å²) < 4.78 is 48.5. The van der Waals surface area contributed by atoms with E-state index >= 15 is 0 Å². The molecule has 1 aromatic heterocycles. The van der Waals surface area contributed by atoms with Crippen LogP contribution in [0.3, 0.4) is 0 Å². The third-order valence-corrected chi connectivity index (χ3v) is 7.45. The minimum atomic E-state index is -5.08. The summed E-state index contributed by atoms with van der Waals surface area (Å²) in [6.07, 6.45) is -2.33. The van der Waals surface area contributed by atoms with Gasteiger partial charge in [-0.3, -0.25) is 0 Å². The molecular weight excluding hydrogens is 683 g/mol. The van der Waals surface area contributed by atoms with Crippen LogP contribution in [0.2, 0.25) is 0 Å². The number of oxazole rings is 1. The first-order chi connectivity index (χ1) is 24.7. The monoisotopic (exact) mass is 727 g/mol. The molecule has 4 aromatic rings. The van der Waals surface area contributed by atoms with E-state index in [-0.39, 0.29) is 12.6 Å². The number of aliphatic carboxylic acids is 1. The number of urea groups is 1. The molecule has 280 valence electrons. The number of rotatable bonds is 14. The third kappa shape index (κ3) is 13.6. The lowest BCUT2D eigenvalue weighted by Gasteiger charge is -2.30. The number of carboxylic acid groups (broad SMARTS) is 1. The summed E-state index contributed by atoms with van der Waals surface area (Å²) in [6, 6.07) is 22.3. The van der Waals surface area contributed by atoms with E-state index < -0.39 is 24.3 Å². The molecule has 0 saturated heterocycles. The van der Waals surface area contributed by atoms with Gasteiger partial charge in [-0.05, 0) is 55.2 Å². The van der Waals surface area contributed by atoms with Crippen molar-refractivity contribution in [2.45, 2.75) is 59.0 Å². The Kier molecular flexibility index (Phi) is 15.5. The molecule has 0 saturated carbocycles. The number of hydrogen-bond donors (Lipinski definition) is 4. The number of carbonyl (C=O) groups is 3. The zero-order valence-corrected chi connectivity index (χ0v) is 29.6. The lowest BCUT2D eigenvalue weighted by molar-refractivity contribution is -0.192. The summed E-state index contributed by atoms with van der Waals surface area (Å²) in [5.41, 5.74) is 3.61. The fourth-order valence-corrected chi connectivity index (χ4v) is 4.99. The number of alkyl carbamates (subject to hydrolysis) is 1. The van der Waals surface area contributed by atoms with Gasteiger partial charge in [0.1, 0.15) is 11.9 Å². The second-order valence-corrected chi connectivity index (χ2v) is 12.3. The maximum Gasteiger partial charge on any atom is 0.490 e. The normalized spacial score (nSPS) is 11.8. The van der Waals surface area contributed by atoms with Crippen LogP contribution in [0.1, 0.15) is 51.3 Å². The fourth-order valence-electron chi connectivity index (χ4n) is 4.99. The molecule has 12 nitrogen and oxygen atoms in total. The first-order valence-electron chi connectivity index (χ1n) is 16.4. The Bertz CT molecular complexity index is 1720. The number of nitrogens with one attached hydrogen (secondary N) is 3. The maximum atomic E-state index is 12.9. The Hall–Kier alpha value is -5.57. The lowest BCUT2D eigenvalue weighted by Crippen LogP contribution is -2.36. The number of carboxylic acids is 1. The van der Waals surface area contributed by atoms with Crippen LogP contribution in [-0.2, 0) is 16.1 Å². The predicted molar refractivity (Wildman–Crippen MR) is 190 cm³/mol. The van der Waals surface area contributed by atoms with Crippen molar-refractivity contribution in [1.82, 2.24) is 15.2 Å². The van der Waals surface area contributed by atoms with Crippen LogP contribution >= 0.6 is 0 Å². The van der Waals surface area contributed by atoms with Crippen LogP contribution in [0.15, 0.2) is 89.8 Å². The molecule has 4 N–H and O–H groups in total. The van der Waals surface area contributed by atoms with Gasteiger partial charge in [-0.15, -0.1) is 0 Å². The number of benzene rings is 3. The summed E-state index contributed by atoms with van der Waals surface area (Å²) >= 11 is 0. The molecule has 1 atom stereocenters. The van der Waals surface area contributed by atoms with E-state index in [1.54, 1.807) is 43.6 Å². The number of carbonyl (C=O) groups excluding carboxylic acids is 2. The first kappa shape index (κ1) is 40.9. The van der Waals surface area contributed by atoms with Crippen molar-refractivity contribution in [3.05, 3.63) is 96.5 Å². The van der Waals surface area contributed by atoms with Gasteiger partial charge in [0, 0.05) is 49.5 Å². The number of ether oxygens (including phenoxy) is 2. The average Bonchev–Trinajstić information content (AvgIpc) is 3.63. The predicted octanol–water partition coefficient (Wildman–Crippen LogP) is 8.35.